The maximum Gasteiger partial charge on any atom is 0.0691 e. The van der Waals surface area contributed by atoms with Crippen molar-refractivity contribution in [3.8, 4) is 0 Å². The molecule has 0 saturated heterocycles. The molecule has 0 N–H and O–H groups in total. The normalized spacial score (nSPS) is 18.4. The first-order valence-corrected chi connectivity index (χ1v) is 16.7. The van der Waals surface area contributed by atoms with Crippen LogP contribution >= 0.6 is 0 Å². The lowest BCUT2D eigenvalue weighted by Crippen LogP contribution is -1.91. The van der Waals surface area contributed by atoms with Crippen LogP contribution in [0.5, 0.6) is 0 Å². The van der Waals surface area contributed by atoms with Crippen LogP contribution in [0.1, 0.15) is 116 Å². The van der Waals surface area contributed by atoms with E-state index in [0.717, 1.165) is 52.1 Å². The van der Waals surface area contributed by atoms with Gasteiger partial charge in [-0.1, -0.05) is 103 Å². The molecule has 0 aliphatic carbocycles. The number of aliphatic imine (C=N–C) groups is 4. The fourth-order valence-electron chi connectivity index (χ4n) is 6.02. The van der Waals surface area contributed by atoms with Crippen LogP contribution in [0.3, 0.4) is 0 Å². The van der Waals surface area contributed by atoms with E-state index in [2.05, 4.69) is 43.4 Å². The van der Waals surface area contributed by atoms with Gasteiger partial charge in [0.25, 0.3) is 0 Å². The molecule has 0 aromatic carbocycles. The molecule has 0 amide bonds. The van der Waals surface area contributed by atoms with E-state index in [-0.39, 0.29) is 0 Å². The largest absolute Gasteiger partial charge is 0.249 e. The molecule has 5 heterocycles. The quantitative estimate of drug-likeness (QED) is 0.159. The summed E-state index contributed by atoms with van der Waals surface area (Å²) in [5.41, 5.74) is 8.84. The summed E-state index contributed by atoms with van der Waals surface area (Å²) < 4.78 is 0. The first-order chi connectivity index (χ1) is 20.7. The van der Waals surface area contributed by atoms with Crippen LogP contribution in [-0.4, -0.2) is 22.8 Å². The van der Waals surface area contributed by atoms with Gasteiger partial charge in [-0.3, -0.25) is 0 Å². The topological polar surface area (TPSA) is 49.4 Å². The third-order valence-corrected chi connectivity index (χ3v) is 8.42. The molecule has 220 valence electrons. The zero-order valence-electron chi connectivity index (χ0n) is 25.7. The number of rotatable bonds is 17. The molecule has 8 bridgehead atoms. The van der Waals surface area contributed by atoms with E-state index < -0.39 is 0 Å². The average Bonchev–Trinajstić information content (AvgIpc) is 3.79. The van der Waals surface area contributed by atoms with Gasteiger partial charge in [-0.2, -0.15) is 0 Å². The van der Waals surface area contributed by atoms with Gasteiger partial charge in [0.1, 0.15) is 0 Å². The number of hydrogen-bond donors (Lipinski definition) is 0. The summed E-state index contributed by atoms with van der Waals surface area (Å²) in [7, 11) is 0. The van der Waals surface area contributed by atoms with Gasteiger partial charge in [-0.15, -0.1) is 0 Å². The van der Waals surface area contributed by atoms with E-state index in [4.69, 9.17) is 20.0 Å². The highest BCUT2D eigenvalue weighted by Gasteiger charge is 2.16. The molecule has 0 saturated carbocycles. The summed E-state index contributed by atoms with van der Waals surface area (Å²) in [4.78, 5) is 19.3. The minimum Gasteiger partial charge on any atom is -0.249 e. The number of fused-ring (bicyclic) bond motifs is 4. The Morgan fingerprint density at radius 3 is 1.26 bits per heavy atom. The summed E-state index contributed by atoms with van der Waals surface area (Å²) in [6.45, 7) is 2.29. The minimum atomic E-state index is 0.908. The maximum absolute atomic E-state index is 4.99. The van der Waals surface area contributed by atoms with E-state index >= 15 is 0 Å². The van der Waals surface area contributed by atoms with Crippen LogP contribution in [0.25, 0.3) is 0 Å². The van der Waals surface area contributed by atoms with E-state index in [1.54, 1.807) is 0 Å². The van der Waals surface area contributed by atoms with Gasteiger partial charge < -0.3 is 0 Å². The predicted molar refractivity (Wildman–Crippen MR) is 182 cm³/mol. The van der Waals surface area contributed by atoms with Gasteiger partial charge >= 0.3 is 0 Å². The molecule has 0 aromatic rings. The molecule has 0 unspecified atom stereocenters. The minimum absolute atomic E-state index is 0.908. The van der Waals surface area contributed by atoms with Crippen LogP contribution in [0.15, 0.2) is 115 Å². The van der Waals surface area contributed by atoms with Crippen LogP contribution in [-0.2, 0) is 0 Å². The van der Waals surface area contributed by atoms with E-state index in [1.807, 2.05) is 30.4 Å². The van der Waals surface area contributed by atoms with Crippen LogP contribution < -0.4 is 0 Å². The first-order valence-electron chi connectivity index (χ1n) is 16.7. The molecule has 4 nitrogen and oxygen atoms in total. The van der Waals surface area contributed by atoms with Gasteiger partial charge in [0.15, 0.2) is 0 Å². The molecule has 0 radical (unpaired) electrons. The highest BCUT2D eigenvalue weighted by molar-refractivity contribution is 6.15. The molecule has 4 heteroatoms. The Labute approximate surface area is 253 Å². The Bertz CT molecular complexity index is 1350. The molecular formula is C38H48N4. The van der Waals surface area contributed by atoms with Crippen molar-refractivity contribution in [2.45, 2.75) is 116 Å². The second-order valence-corrected chi connectivity index (χ2v) is 12.1. The molecule has 0 spiro atoms. The molecular weight excluding hydrogens is 512 g/mol. The third-order valence-electron chi connectivity index (χ3n) is 8.42. The van der Waals surface area contributed by atoms with Crippen LogP contribution in [0.2, 0.25) is 0 Å². The number of unbranched alkanes of at least 4 members (excludes halogenated alkanes) is 15. The van der Waals surface area contributed by atoms with E-state index in [0.29, 0.717) is 0 Å². The lowest BCUT2D eigenvalue weighted by atomic mass is 10.0. The standard InChI is InChI=1S/C38H48N4/c1-2-3-4-5-6-7-8-9-10-11-12-13-14-15-16-17-18-30-25-37-28-35-22-21-33(40-35)26-31-19-20-32(39-31)27-34-23-24-36(41-34)29-38(30)42-37/h19-29H,2-18H2,1H3. The summed E-state index contributed by atoms with van der Waals surface area (Å²) >= 11 is 0. The van der Waals surface area contributed by atoms with Crippen molar-refractivity contribution in [2.24, 2.45) is 20.0 Å². The van der Waals surface area contributed by atoms with E-state index in [9.17, 15) is 0 Å². The van der Waals surface area contributed by atoms with Crippen LogP contribution in [0, 0.1) is 0 Å². The van der Waals surface area contributed by atoms with Gasteiger partial charge in [-0.05, 0) is 85.3 Å². The van der Waals surface area contributed by atoms with Gasteiger partial charge in [0, 0.05) is 0 Å². The fourth-order valence-corrected chi connectivity index (χ4v) is 6.02. The Hall–Kier alpha value is -3.40. The molecule has 5 rings (SSSR count). The summed E-state index contributed by atoms with van der Waals surface area (Å²) in [5.74, 6) is 0. The van der Waals surface area contributed by atoms with E-state index in [1.165, 1.54) is 108 Å². The predicted octanol–water partition coefficient (Wildman–Crippen LogP) is 10.6. The Morgan fingerprint density at radius 1 is 0.381 bits per heavy atom. The zero-order chi connectivity index (χ0) is 28.8. The van der Waals surface area contributed by atoms with Crippen molar-refractivity contribution < 1.29 is 0 Å². The SMILES string of the molecule is CCCCCCCCCCCCCCCCCCC1=CC2=NC1=CC1=NC(=CC3=NC(=CC4=NC(=C2)C=C4)C=C3)C=C1. The number of nitrogens with zero attached hydrogens (tertiary/aromatic N) is 4. The molecule has 5 aliphatic heterocycles. The Balaban J connectivity index is 1.05. The Kier molecular flexibility index (Phi) is 11.7. The number of allylic oxidation sites excluding steroid dienone is 12. The number of hydrogen-bond acceptors (Lipinski definition) is 4. The Morgan fingerprint density at radius 2 is 0.786 bits per heavy atom. The second kappa shape index (κ2) is 16.3. The summed E-state index contributed by atoms with van der Waals surface area (Å²) in [6, 6.07) is 0. The van der Waals surface area contributed by atoms with Crippen molar-refractivity contribution in [2.75, 3.05) is 0 Å². The van der Waals surface area contributed by atoms with Crippen molar-refractivity contribution in [1.29, 1.82) is 0 Å². The average molecular weight is 561 g/mol. The van der Waals surface area contributed by atoms with Gasteiger partial charge in [0.2, 0.25) is 0 Å². The smallest absolute Gasteiger partial charge is 0.0691 e. The second-order valence-electron chi connectivity index (χ2n) is 12.1. The van der Waals surface area contributed by atoms with Crippen molar-refractivity contribution in [3.63, 3.8) is 0 Å². The van der Waals surface area contributed by atoms with Crippen molar-refractivity contribution in [1.82, 2.24) is 0 Å². The first kappa shape index (κ1) is 30.1. The summed E-state index contributed by atoms with van der Waals surface area (Å²) in [5, 5.41) is 0. The lowest BCUT2D eigenvalue weighted by Gasteiger charge is -2.05. The van der Waals surface area contributed by atoms with Crippen LogP contribution in [0.4, 0.5) is 0 Å². The van der Waals surface area contributed by atoms with Gasteiger partial charge in [0.05, 0.1) is 45.6 Å². The van der Waals surface area contributed by atoms with Crippen molar-refractivity contribution in [3.05, 3.63) is 95.2 Å². The summed E-state index contributed by atoms with van der Waals surface area (Å²) in [6.07, 6.45) is 46.1. The monoisotopic (exact) mass is 560 g/mol. The molecule has 5 aliphatic rings. The highest BCUT2D eigenvalue weighted by atomic mass is 14.8. The molecule has 0 atom stereocenters. The molecule has 42 heavy (non-hydrogen) atoms. The van der Waals surface area contributed by atoms with Crippen molar-refractivity contribution >= 4 is 22.8 Å². The lowest BCUT2D eigenvalue weighted by molar-refractivity contribution is 0.529. The maximum atomic E-state index is 4.99. The van der Waals surface area contributed by atoms with Gasteiger partial charge in [-0.25, -0.2) is 20.0 Å². The fraction of sp³-hybridized carbons (Fsp3) is 0.474. The molecule has 0 aromatic heterocycles. The highest BCUT2D eigenvalue weighted by Crippen LogP contribution is 2.28. The third kappa shape index (κ3) is 9.58. The molecule has 0 fully saturated rings. The zero-order valence-corrected chi connectivity index (χ0v) is 25.7.